The van der Waals surface area contributed by atoms with Crippen LogP contribution in [-0.2, 0) is 17.9 Å². The van der Waals surface area contributed by atoms with Crippen molar-refractivity contribution >= 4 is 29.0 Å². The van der Waals surface area contributed by atoms with E-state index in [-0.39, 0.29) is 11.7 Å². The molecule has 3 aromatic carbocycles. The maximum absolute atomic E-state index is 13.6. The van der Waals surface area contributed by atoms with Gasteiger partial charge < -0.3 is 19.5 Å². The molecule has 1 amide bonds. The second kappa shape index (κ2) is 10.0. The van der Waals surface area contributed by atoms with E-state index in [4.69, 9.17) is 21.3 Å². The summed E-state index contributed by atoms with van der Waals surface area (Å²) in [6.45, 7) is 5.19. The molecule has 0 saturated carbocycles. The van der Waals surface area contributed by atoms with Crippen molar-refractivity contribution in [2.45, 2.75) is 33.0 Å². The molecule has 1 aliphatic heterocycles. The van der Waals surface area contributed by atoms with E-state index in [9.17, 15) is 9.18 Å². The molecule has 0 fully saturated rings. The van der Waals surface area contributed by atoms with Gasteiger partial charge in [-0.25, -0.2) is 9.37 Å². The van der Waals surface area contributed by atoms with E-state index in [0.29, 0.717) is 36.1 Å². The summed E-state index contributed by atoms with van der Waals surface area (Å²) < 4.78 is 21.5. The Labute approximate surface area is 214 Å². The third-order valence-electron chi connectivity index (χ3n) is 6.17. The first-order valence-corrected chi connectivity index (χ1v) is 12.2. The normalized spacial score (nSPS) is 13.7. The Hall–Kier alpha value is -3.84. The number of rotatable bonds is 6. The molecule has 0 radical (unpaired) electrons. The van der Waals surface area contributed by atoms with Crippen LogP contribution in [0.5, 0.6) is 5.75 Å². The summed E-state index contributed by atoms with van der Waals surface area (Å²) in [5.41, 5.74) is 3.60. The highest BCUT2D eigenvalue weighted by atomic mass is 35.5. The summed E-state index contributed by atoms with van der Waals surface area (Å²) >= 11 is 6.04. The molecule has 36 heavy (non-hydrogen) atoms. The van der Waals surface area contributed by atoms with Crippen molar-refractivity contribution in [2.75, 3.05) is 11.9 Å². The highest BCUT2D eigenvalue weighted by molar-refractivity contribution is 6.30. The average Bonchev–Trinajstić information content (AvgIpc) is 3.22. The minimum atomic E-state index is -0.674. The highest BCUT2D eigenvalue weighted by Gasteiger charge is 2.30. The topological polar surface area (TPSA) is 59.4 Å². The number of hydrogen-bond acceptors (Lipinski definition) is 4. The summed E-state index contributed by atoms with van der Waals surface area (Å²) in [5.74, 6) is 1.68. The van der Waals surface area contributed by atoms with Gasteiger partial charge in [-0.05, 0) is 68.4 Å². The monoisotopic (exact) mass is 504 g/mol. The molecule has 1 aliphatic rings. The summed E-state index contributed by atoms with van der Waals surface area (Å²) in [5, 5.41) is 4.04. The number of aryl methyl sites for hydroxylation is 1. The molecule has 1 aromatic heterocycles. The lowest BCUT2D eigenvalue weighted by Crippen LogP contribution is -2.44. The Bertz CT molecular complexity index is 1390. The maximum atomic E-state index is 13.6. The SMILES string of the molecule is Cc1ccc(Nc2c(-c3ccc(F)cc3)nc3n2CCN(C(=O)C(C)Oc2cccc(Cl)c2)C3)cc1. The lowest BCUT2D eigenvalue weighted by Gasteiger charge is -2.30. The van der Waals surface area contributed by atoms with Crippen LogP contribution in [0.2, 0.25) is 5.02 Å². The van der Waals surface area contributed by atoms with Gasteiger partial charge in [0.05, 0.1) is 6.54 Å². The van der Waals surface area contributed by atoms with Crippen molar-refractivity contribution < 1.29 is 13.9 Å². The van der Waals surface area contributed by atoms with Gasteiger partial charge in [0.25, 0.3) is 5.91 Å². The third kappa shape index (κ3) is 5.06. The zero-order chi connectivity index (χ0) is 25.2. The Morgan fingerprint density at radius 1 is 1.08 bits per heavy atom. The van der Waals surface area contributed by atoms with Crippen molar-refractivity contribution in [2.24, 2.45) is 0 Å². The quantitative estimate of drug-likeness (QED) is 0.339. The molecule has 4 aromatic rings. The van der Waals surface area contributed by atoms with E-state index in [1.807, 2.05) is 31.2 Å². The van der Waals surface area contributed by atoms with Crippen molar-refractivity contribution in [3.8, 4) is 17.0 Å². The number of ether oxygens (including phenoxy) is 1. The standard InChI is InChI=1S/C28H26ClFN4O2/c1-18-6-12-23(13-7-18)31-27-26(20-8-10-22(30)11-9-20)32-25-17-33(14-15-34(25)27)28(35)19(2)36-24-5-3-4-21(29)16-24/h3-13,16,19,31H,14-15,17H2,1-2H3. The number of anilines is 2. The van der Waals surface area contributed by atoms with Crippen LogP contribution in [0.15, 0.2) is 72.8 Å². The van der Waals surface area contributed by atoms with Crippen LogP contribution in [0.4, 0.5) is 15.9 Å². The van der Waals surface area contributed by atoms with Gasteiger partial charge in [0.2, 0.25) is 0 Å². The van der Waals surface area contributed by atoms with Gasteiger partial charge in [0.1, 0.15) is 28.9 Å². The average molecular weight is 505 g/mol. The Morgan fingerprint density at radius 3 is 2.56 bits per heavy atom. The van der Waals surface area contributed by atoms with E-state index in [1.165, 1.54) is 12.1 Å². The molecule has 0 aliphatic carbocycles. The van der Waals surface area contributed by atoms with Crippen molar-refractivity contribution in [1.29, 1.82) is 0 Å². The van der Waals surface area contributed by atoms with E-state index in [0.717, 1.165) is 28.5 Å². The van der Waals surface area contributed by atoms with Crippen molar-refractivity contribution in [3.63, 3.8) is 0 Å². The number of carbonyl (C=O) groups is 1. The minimum Gasteiger partial charge on any atom is -0.481 e. The van der Waals surface area contributed by atoms with E-state index >= 15 is 0 Å². The molecular weight excluding hydrogens is 479 g/mol. The fourth-order valence-electron chi connectivity index (χ4n) is 4.28. The number of amides is 1. The van der Waals surface area contributed by atoms with Crippen LogP contribution in [0.3, 0.4) is 0 Å². The van der Waals surface area contributed by atoms with E-state index in [2.05, 4.69) is 9.88 Å². The van der Waals surface area contributed by atoms with Crippen LogP contribution in [0.25, 0.3) is 11.3 Å². The smallest absolute Gasteiger partial charge is 0.263 e. The third-order valence-corrected chi connectivity index (χ3v) is 6.41. The first-order chi connectivity index (χ1) is 17.4. The molecule has 8 heteroatoms. The van der Waals surface area contributed by atoms with Crippen molar-refractivity contribution in [1.82, 2.24) is 14.5 Å². The molecule has 6 nitrogen and oxygen atoms in total. The Kier molecular flexibility index (Phi) is 6.65. The second-order valence-electron chi connectivity index (χ2n) is 8.85. The first-order valence-electron chi connectivity index (χ1n) is 11.8. The number of benzene rings is 3. The van der Waals surface area contributed by atoms with Gasteiger partial charge in [-0.15, -0.1) is 0 Å². The predicted molar refractivity (Wildman–Crippen MR) is 139 cm³/mol. The van der Waals surface area contributed by atoms with Gasteiger partial charge in [0, 0.05) is 29.4 Å². The molecular formula is C28H26ClFN4O2. The number of fused-ring (bicyclic) bond motifs is 1. The molecule has 0 spiro atoms. The summed E-state index contributed by atoms with van der Waals surface area (Å²) in [7, 11) is 0. The first kappa shape index (κ1) is 23.9. The number of nitrogens with one attached hydrogen (secondary N) is 1. The van der Waals surface area contributed by atoms with Gasteiger partial charge in [-0.3, -0.25) is 4.79 Å². The van der Waals surface area contributed by atoms with E-state index < -0.39 is 6.10 Å². The van der Waals surface area contributed by atoms with Crippen LogP contribution in [0, 0.1) is 12.7 Å². The summed E-state index contributed by atoms with van der Waals surface area (Å²) in [4.78, 5) is 19.8. The van der Waals surface area contributed by atoms with Crippen LogP contribution in [0.1, 0.15) is 18.3 Å². The largest absolute Gasteiger partial charge is 0.481 e. The fourth-order valence-corrected chi connectivity index (χ4v) is 4.46. The van der Waals surface area contributed by atoms with Crippen molar-refractivity contribution in [3.05, 3.63) is 95.0 Å². The zero-order valence-corrected chi connectivity index (χ0v) is 20.8. The number of hydrogen-bond donors (Lipinski definition) is 1. The minimum absolute atomic E-state index is 0.124. The number of halogens is 2. The molecule has 2 heterocycles. The predicted octanol–water partition coefficient (Wildman–Crippen LogP) is 6.20. The molecule has 0 bridgehead atoms. The molecule has 1 unspecified atom stereocenters. The van der Waals surface area contributed by atoms with E-state index in [1.54, 1.807) is 48.2 Å². The van der Waals surface area contributed by atoms with Crippen LogP contribution in [-0.4, -0.2) is 33.0 Å². The molecule has 5 rings (SSSR count). The summed E-state index contributed by atoms with van der Waals surface area (Å²) in [6.07, 6.45) is -0.674. The number of imidazole rings is 1. The number of aromatic nitrogens is 2. The molecule has 1 atom stereocenters. The summed E-state index contributed by atoms with van der Waals surface area (Å²) in [6, 6.07) is 21.4. The maximum Gasteiger partial charge on any atom is 0.263 e. The number of nitrogens with zero attached hydrogens (tertiary/aromatic N) is 3. The zero-order valence-electron chi connectivity index (χ0n) is 20.0. The molecule has 0 saturated heterocycles. The van der Waals surface area contributed by atoms with Crippen LogP contribution < -0.4 is 10.1 Å². The van der Waals surface area contributed by atoms with Gasteiger partial charge in [0.15, 0.2) is 6.10 Å². The lowest BCUT2D eigenvalue weighted by atomic mass is 10.1. The number of carbonyl (C=O) groups excluding carboxylic acids is 1. The highest BCUT2D eigenvalue weighted by Crippen LogP contribution is 2.33. The van der Waals surface area contributed by atoms with Gasteiger partial charge in [-0.1, -0.05) is 35.4 Å². The molecule has 1 N–H and O–H groups in total. The Morgan fingerprint density at radius 2 is 1.83 bits per heavy atom. The lowest BCUT2D eigenvalue weighted by molar-refractivity contribution is -0.139. The second-order valence-corrected chi connectivity index (χ2v) is 9.29. The van der Waals surface area contributed by atoms with Gasteiger partial charge >= 0.3 is 0 Å². The Balaban J connectivity index is 1.41. The molecule has 184 valence electrons. The van der Waals surface area contributed by atoms with Crippen LogP contribution >= 0.6 is 11.6 Å². The fraction of sp³-hybridized carbons (Fsp3) is 0.214. The van der Waals surface area contributed by atoms with Gasteiger partial charge in [-0.2, -0.15) is 0 Å².